The number of Topliss-reactive ketones (excluding diaryl/α,β-unsaturated/α-hetero) is 1. The molecule has 140 valence electrons. The molecule has 2 atom stereocenters. The van der Waals surface area contributed by atoms with E-state index in [1.807, 2.05) is 30.3 Å². The zero-order chi connectivity index (χ0) is 19.2. The van der Waals surface area contributed by atoms with Gasteiger partial charge in [0.25, 0.3) is 5.91 Å². The van der Waals surface area contributed by atoms with Crippen molar-refractivity contribution in [2.75, 3.05) is 11.4 Å². The van der Waals surface area contributed by atoms with Gasteiger partial charge in [-0.25, -0.2) is 0 Å². The third kappa shape index (κ3) is 2.75. The molecular weight excluding hydrogens is 406 g/mol. The van der Waals surface area contributed by atoms with Crippen LogP contribution >= 0.6 is 15.9 Å². The fourth-order valence-electron chi connectivity index (χ4n) is 4.35. The summed E-state index contributed by atoms with van der Waals surface area (Å²) >= 11 is 3.45. The number of ketones is 1. The van der Waals surface area contributed by atoms with E-state index < -0.39 is 11.5 Å². The molecule has 4 rings (SSSR count). The number of aliphatic hydroxyl groups is 1. The smallest absolute Gasteiger partial charge is 0.264 e. The van der Waals surface area contributed by atoms with Crippen molar-refractivity contribution in [3.63, 3.8) is 0 Å². The van der Waals surface area contributed by atoms with Gasteiger partial charge in [0.1, 0.15) is 0 Å². The minimum absolute atomic E-state index is 0.143. The molecular formula is C22H22BrNO3. The molecule has 0 saturated carbocycles. The van der Waals surface area contributed by atoms with E-state index in [4.69, 9.17) is 0 Å². The second-order valence-electron chi connectivity index (χ2n) is 7.35. The minimum Gasteiger partial charge on any atom is -0.375 e. The first-order chi connectivity index (χ1) is 13.0. The molecule has 1 aliphatic carbocycles. The number of hydrogen-bond acceptors (Lipinski definition) is 3. The Labute approximate surface area is 167 Å². The zero-order valence-corrected chi connectivity index (χ0v) is 16.8. The number of halogens is 1. The van der Waals surface area contributed by atoms with Crippen molar-refractivity contribution in [3.8, 4) is 0 Å². The van der Waals surface area contributed by atoms with Gasteiger partial charge in [0.15, 0.2) is 11.4 Å². The molecule has 1 heterocycles. The van der Waals surface area contributed by atoms with Gasteiger partial charge in [-0.05, 0) is 43.0 Å². The summed E-state index contributed by atoms with van der Waals surface area (Å²) in [5.74, 6) is -1.28. The van der Waals surface area contributed by atoms with Gasteiger partial charge in [0, 0.05) is 22.1 Å². The largest absolute Gasteiger partial charge is 0.375 e. The molecule has 1 N–H and O–H groups in total. The van der Waals surface area contributed by atoms with Gasteiger partial charge >= 0.3 is 0 Å². The Morgan fingerprint density at radius 2 is 2.00 bits per heavy atom. The fraction of sp³-hybridized carbons (Fsp3) is 0.364. The van der Waals surface area contributed by atoms with Crippen molar-refractivity contribution >= 4 is 33.3 Å². The van der Waals surface area contributed by atoms with Crippen LogP contribution < -0.4 is 4.90 Å². The number of nitrogens with zero attached hydrogens (tertiary/aromatic N) is 1. The van der Waals surface area contributed by atoms with Crippen LogP contribution in [0.3, 0.4) is 0 Å². The van der Waals surface area contributed by atoms with Gasteiger partial charge in [-0.15, -0.1) is 0 Å². The average molecular weight is 428 g/mol. The molecule has 4 nitrogen and oxygen atoms in total. The second kappa shape index (κ2) is 6.88. The van der Waals surface area contributed by atoms with Crippen LogP contribution in [0.4, 0.5) is 5.69 Å². The van der Waals surface area contributed by atoms with E-state index >= 15 is 0 Å². The lowest BCUT2D eigenvalue weighted by molar-refractivity contribution is -0.140. The summed E-state index contributed by atoms with van der Waals surface area (Å²) in [7, 11) is 0. The van der Waals surface area contributed by atoms with E-state index in [1.54, 1.807) is 17.0 Å². The van der Waals surface area contributed by atoms with E-state index in [9.17, 15) is 14.7 Å². The number of rotatable bonds is 4. The lowest BCUT2D eigenvalue weighted by Crippen LogP contribution is -2.49. The molecule has 2 aliphatic rings. The quantitative estimate of drug-likeness (QED) is 0.793. The Morgan fingerprint density at radius 3 is 2.78 bits per heavy atom. The van der Waals surface area contributed by atoms with Crippen LogP contribution in [0.5, 0.6) is 0 Å². The summed E-state index contributed by atoms with van der Waals surface area (Å²) in [6, 6.07) is 13.0. The van der Waals surface area contributed by atoms with E-state index in [2.05, 4.69) is 22.9 Å². The Kier molecular flexibility index (Phi) is 4.68. The van der Waals surface area contributed by atoms with Crippen molar-refractivity contribution < 1.29 is 14.7 Å². The van der Waals surface area contributed by atoms with Gasteiger partial charge in [-0.3, -0.25) is 9.59 Å². The van der Waals surface area contributed by atoms with Crippen molar-refractivity contribution in [2.24, 2.45) is 5.92 Å². The number of hydrogen-bond donors (Lipinski definition) is 1. The van der Waals surface area contributed by atoms with Crippen LogP contribution in [0.25, 0.3) is 0 Å². The van der Waals surface area contributed by atoms with Gasteiger partial charge in [-0.2, -0.15) is 0 Å². The number of benzene rings is 2. The van der Waals surface area contributed by atoms with E-state index in [0.29, 0.717) is 36.2 Å². The molecule has 27 heavy (non-hydrogen) atoms. The summed E-state index contributed by atoms with van der Waals surface area (Å²) in [4.78, 5) is 28.2. The number of aryl methyl sites for hydroxylation is 1. The van der Waals surface area contributed by atoms with Crippen molar-refractivity contribution in [1.82, 2.24) is 0 Å². The third-order valence-electron chi connectivity index (χ3n) is 5.77. The summed E-state index contributed by atoms with van der Waals surface area (Å²) in [5, 5.41) is 11.7. The predicted molar refractivity (Wildman–Crippen MR) is 108 cm³/mol. The van der Waals surface area contributed by atoms with Crippen LogP contribution in [0.2, 0.25) is 0 Å². The van der Waals surface area contributed by atoms with Crippen molar-refractivity contribution in [2.45, 2.75) is 38.2 Å². The summed E-state index contributed by atoms with van der Waals surface area (Å²) in [6.07, 6.45) is 2.94. The zero-order valence-electron chi connectivity index (χ0n) is 15.2. The lowest BCUT2D eigenvalue weighted by atomic mass is 9.71. The molecule has 0 aromatic heterocycles. The number of amides is 1. The topological polar surface area (TPSA) is 57.6 Å². The molecule has 0 spiro atoms. The normalized spacial score (nSPS) is 24.1. The maximum absolute atomic E-state index is 13.4. The van der Waals surface area contributed by atoms with Crippen LogP contribution in [0.15, 0.2) is 46.9 Å². The van der Waals surface area contributed by atoms with Crippen LogP contribution in [0, 0.1) is 5.92 Å². The highest BCUT2D eigenvalue weighted by molar-refractivity contribution is 9.10. The molecule has 0 radical (unpaired) electrons. The molecule has 1 amide bonds. The van der Waals surface area contributed by atoms with Gasteiger partial charge in [-0.1, -0.05) is 53.5 Å². The number of anilines is 1. The Bertz CT molecular complexity index is 926. The summed E-state index contributed by atoms with van der Waals surface area (Å²) < 4.78 is 0.786. The Morgan fingerprint density at radius 1 is 1.22 bits per heavy atom. The first kappa shape index (κ1) is 18.4. The predicted octanol–water partition coefficient (Wildman–Crippen LogP) is 4.23. The molecule has 2 aromatic carbocycles. The lowest BCUT2D eigenvalue weighted by Gasteiger charge is -2.34. The van der Waals surface area contributed by atoms with Crippen LogP contribution in [-0.4, -0.2) is 23.3 Å². The van der Waals surface area contributed by atoms with Crippen molar-refractivity contribution in [3.05, 3.63) is 63.6 Å². The summed E-state index contributed by atoms with van der Waals surface area (Å²) in [5.41, 5.74) is 1.06. The maximum atomic E-state index is 13.4. The first-order valence-corrected chi connectivity index (χ1v) is 10.2. The number of carbonyl (C=O) groups excluding carboxylic acids is 2. The third-order valence-corrected chi connectivity index (χ3v) is 6.27. The highest BCUT2D eigenvalue weighted by Gasteiger charge is 2.57. The van der Waals surface area contributed by atoms with E-state index in [1.165, 1.54) is 0 Å². The highest BCUT2D eigenvalue weighted by Crippen LogP contribution is 2.49. The summed E-state index contributed by atoms with van der Waals surface area (Å²) in [6.45, 7) is 2.61. The van der Waals surface area contributed by atoms with Crippen LogP contribution in [-0.2, 0) is 16.8 Å². The SMILES string of the molecule is CCCCN1C(=O)[C@](O)([C@@H]2CCc3ccccc3C2=O)c2cc(Br)ccc21. The number of carbonyl (C=O) groups is 2. The van der Waals surface area contributed by atoms with Gasteiger partial charge < -0.3 is 10.0 Å². The molecule has 5 heteroatoms. The molecule has 0 fully saturated rings. The standard InChI is InChI=1S/C22H22BrNO3/c1-2-3-12-24-19-11-9-15(23)13-18(19)22(27,21(24)26)17-10-8-14-6-4-5-7-16(14)20(17)25/h4-7,9,11,13,17,27H,2-3,8,10,12H2,1H3/t17-,22+/m1/s1. The second-order valence-corrected chi connectivity index (χ2v) is 8.27. The fourth-order valence-corrected chi connectivity index (χ4v) is 4.71. The van der Waals surface area contributed by atoms with E-state index in [0.717, 1.165) is 22.9 Å². The van der Waals surface area contributed by atoms with Gasteiger partial charge in [0.2, 0.25) is 0 Å². The molecule has 0 saturated heterocycles. The highest BCUT2D eigenvalue weighted by atomic mass is 79.9. The van der Waals surface area contributed by atoms with Crippen molar-refractivity contribution in [1.29, 1.82) is 0 Å². The Hall–Kier alpha value is -1.98. The van der Waals surface area contributed by atoms with Crippen LogP contribution in [0.1, 0.15) is 47.7 Å². The number of unbranched alkanes of at least 4 members (excludes halogenated alkanes) is 1. The van der Waals surface area contributed by atoms with Gasteiger partial charge in [0.05, 0.1) is 11.6 Å². The molecule has 0 bridgehead atoms. The molecule has 1 aliphatic heterocycles. The minimum atomic E-state index is -1.81. The number of fused-ring (bicyclic) bond motifs is 2. The monoisotopic (exact) mass is 427 g/mol. The average Bonchev–Trinajstić information content (AvgIpc) is 2.88. The first-order valence-electron chi connectivity index (χ1n) is 9.45. The Balaban J connectivity index is 1.81. The van der Waals surface area contributed by atoms with E-state index in [-0.39, 0.29) is 11.7 Å². The maximum Gasteiger partial charge on any atom is 0.264 e. The molecule has 0 unspecified atom stereocenters. The molecule has 2 aromatic rings.